The van der Waals surface area contributed by atoms with Gasteiger partial charge >= 0.3 is 0 Å². The van der Waals surface area contributed by atoms with Crippen LogP contribution in [0.2, 0.25) is 0 Å². The summed E-state index contributed by atoms with van der Waals surface area (Å²) in [6.45, 7) is 4.41. The number of hydrogen-bond acceptors (Lipinski definition) is 4. The molecule has 0 bridgehead atoms. The normalized spacial score (nSPS) is 11.6. The maximum atomic E-state index is 12.5. The van der Waals surface area contributed by atoms with Gasteiger partial charge in [0.1, 0.15) is 0 Å². The molecule has 0 aliphatic heterocycles. The minimum absolute atomic E-state index is 0.0918. The Balaban J connectivity index is 2.06. The zero-order valence-corrected chi connectivity index (χ0v) is 16.9. The number of amides is 1. The maximum absolute atomic E-state index is 12.5. The van der Waals surface area contributed by atoms with E-state index in [0.29, 0.717) is 0 Å². The Labute approximate surface area is 161 Å². The van der Waals surface area contributed by atoms with E-state index < -0.39 is 10.0 Å². The molecular formula is C20H27N3O3S. The minimum atomic E-state index is -3.43. The summed E-state index contributed by atoms with van der Waals surface area (Å²) in [6.07, 6.45) is 6.15. The molecule has 0 saturated heterocycles. The molecule has 0 aliphatic carbocycles. The monoisotopic (exact) mass is 389 g/mol. The summed E-state index contributed by atoms with van der Waals surface area (Å²) >= 11 is 0. The molecule has 0 spiro atoms. The second-order valence-electron chi connectivity index (χ2n) is 6.41. The summed E-state index contributed by atoms with van der Waals surface area (Å²) in [5.74, 6) is -0.189. The van der Waals surface area contributed by atoms with E-state index in [-0.39, 0.29) is 25.4 Å². The average molecular weight is 390 g/mol. The lowest BCUT2D eigenvalue weighted by molar-refractivity contribution is -0.116. The topological polar surface area (TPSA) is 79.4 Å². The SMILES string of the molecule is CCc1cccc(CC)c1NC(=O)CCN(Cc1cccnc1)S(C)(=O)=O. The molecule has 27 heavy (non-hydrogen) atoms. The molecule has 0 saturated carbocycles. The van der Waals surface area contributed by atoms with Gasteiger partial charge in [-0.15, -0.1) is 0 Å². The van der Waals surface area contributed by atoms with Gasteiger partial charge in [0.2, 0.25) is 15.9 Å². The van der Waals surface area contributed by atoms with Crippen LogP contribution in [0.3, 0.4) is 0 Å². The molecule has 6 nitrogen and oxygen atoms in total. The Kier molecular flexibility index (Phi) is 7.50. The van der Waals surface area contributed by atoms with E-state index in [4.69, 9.17) is 0 Å². The van der Waals surface area contributed by atoms with Crippen LogP contribution in [0.15, 0.2) is 42.7 Å². The summed E-state index contributed by atoms with van der Waals surface area (Å²) in [7, 11) is -3.43. The lowest BCUT2D eigenvalue weighted by Crippen LogP contribution is -2.32. The number of benzene rings is 1. The number of nitrogens with one attached hydrogen (secondary N) is 1. The molecule has 0 fully saturated rings. The number of hydrogen-bond donors (Lipinski definition) is 1. The number of rotatable bonds is 9. The number of para-hydroxylation sites is 1. The summed E-state index contributed by atoms with van der Waals surface area (Å²) in [4.78, 5) is 16.5. The van der Waals surface area contributed by atoms with Crippen LogP contribution in [0.25, 0.3) is 0 Å². The van der Waals surface area contributed by atoms with Crippen LogP contribution >= 0.6 is 0 Å². The Hall–Kier alpha value is -2.25. The summed E-state index contributed by atoms with van der Waals surface area (Å²) in [5.41, 5.74) is 3.80. The van der Waals surface area contributed by atoms with Gasteiger partial charge in [-0.1, -0.05) is 38.1 Å². The first-order chi connectivity index (χ1) is 12.8. The highest BCUT2D eigenvalue weighted by Gasteiger charge is 2.19. The van der Waals surface area contributed by atoms with Crippen LogP contribution in [0.5, 0.6) is 0 Å². The molecule has 1 aromatic carbocycles. The van der Waals surface area contributed by atoms with E-state index in [1.165, 1.54) is 4.31 Å². The van der Waals surface area contributed by atoms with Crippen molar-refractivity contribution in [1.29, 1.82) is 0 Å². The quantitative estimate of drug-likeness (QED) is 0.715. The smallest absolute Gasteiger partial charge is 0.225 e. The van der Waals surface area contributed by atoms with E-state index in [1.54, 1.807) is 18.5 Å². The maximum Gasteiger partial charge on any atom is 0.225 e. The predicted octanol–water partition coefficient (Wildman–Crippen LogP) is 3.00. The van der Waals surface area contributed by atoms with E-state index in [2.05, 4.69) is 10.3 Å². The van der Waals surface area contributed by atoms with Crippen LogP contribution in [0.1, 0.15) is 37.0 Å². The number of aryl methyl sites for hydroxylation is 2. The number of anilines is 1. The zero-order valence-electron chi connectivity index (χ0n) is 16.1. The largest absolute Gasteiger partial charge is 0.326 e. The molecule has 146 valence electrons. The molecule has 1 N–H and O–H groups in total. The number of nitrogens with zero attached hydrogens (tertiary/aromatic N) is 2. The third-order valence-corrected chi connectivity index (χ3v) is 5.65. The van der Waals surface area contributed by atoms with Crippen molar-refractivity contribution in [3.05, 3.63) is 59.4 Å². The van der Waals surface area contributed by atoms with Crippen LogP contribution < -0.4 is 5.32 Å². The van der Waals surface area contributed by atoms with Crippen molar-refractivity contribution in [3.8, 4) is 0 Å². The van der Waals surface area contributed by atoms with Crippen molar-refractivity contribution < 1.29 is 13.2 Å². The Bertz CT molecular complexity index is 845. The average Bonchev–Trinajstić information content (AvgIpc) is 2.65. The number of carbonyl (C=O) groups excluding carboxylic acids is 1. The van der Waals surface area contributed by atoms with Gasteiger partial charge in [-0.3, -0.25) is 9.78 Å². The van der Waals surface area contributed by atoms with E-state index in [9.17, 15) is 13.2 Å². The summed E-state index contributed by atoms with van der Waals surface area (Å²) in [6, 6.07) is 9.57. The van der Waals surface area contributed by atoms with Crippen LogP contribution in [0.4, 0.5) is 5.69 Å². The Morgan fingerprint density at radius 2 is 1.78 bits per heavy atom. The molecule has 0 radical (unpaired) electrons. The zero-order chi connectivity index (χ0) is 19.9. The van der Waals surface area contributed by atoms with Crippen molar-refractivity contribution in [2.45, 2.75) is 39.7 Å². The predicted molar refractivity (Wildman–Crippen MR) is 108 cm³/mol. The van der Waals surface area contributed by atoms with Crippen molar-refractivity contribution in [3.63, 3.8) is 0 Å². The fourth-order valence-electron chi connectivity index (χ4n) is 2.89. The lowest BCUT2D eigenvalue weighted by Gasteiger charge is -2.20. The van der Waals surface area contributed by atoms with Gasteiger partial charge in [0.25, 0.3) is 0 Å². The van der Waals surface area contributed by atoms with Crippen molar-refractivity contribution >= 4 is 21.6 Å². The number of pyridine rings is 1. The second-order valence-corrected chi connectivity index (χ2v) is 8.40. The van der Waals surface area contributed by atoms with Gasteiger partial charge in [0.15, 0.2) is 0 Å². The highest BCUT2D eigenvalue weighted by Crippen LogP contribution is 2.22. The number of aromatic nitrogens is 1. The van der Waals surface area contributed by atoms with Gasteiger partial charge in [0, 0.05) is 37.6 Å². The number of sulfonamides is 1. The fourth-order valence-corrected chi connectivity index (χ4v) is 3.70. The third-order valence-electron chi connectivity index (χ3n) is 4.40. The standard InChI is InChI=1S/C20H27N3O3S/c1-4-17-9-6-10-18(5-2)20(17)22-19(24)11-13-23(27(3,25)26)15-16-8-7-12-21-14-16/h6-10,12,14H,4-5,11,13,15H2,1-3H3,(H,22,24). The molecule has 0 atom stereocenters. The molecule has 0 unspecified atom stereocenters. The molecule has 2 rings (SSSR count). The first kappa shape index (κ1) is 21.1. The van der Waals surface area contributed by atoms with Gasteiger partial charge in [0.05, 0.1) is 6.26 Å². The second kappa shape index (κ2) is 9.62. The summed E-state index contributed by atoms with van der Waals surface area (Å²) in [5, 5.41) is 2.98. The Morgan fingerprint density at radius 1 is 1.11 bits per heavy atom. The minimum Gasteiger partial charge on any atom is -0.326 e. The fraction of sp³-hybridized carbons (Fsp3) is 0.400. The molecule has 1 aromatic heterocycles. The molecule has 0 aliphatic rings. The first-order valence-corrected chi connectivity index (χ1v) is 10.9. The molecule has 1 amide bonds. The van der Waals surface area contributed by atoms with Gasteiger partial charge in [-0.2, -0.15) is 4.31 Å². The summed E-state index contributed by atoms with van der Waals surface area (Å²) < 4.78 is 25.5. The lowest BCUT2D eigenvalue weighted by atomic mass is 10.0. The van der Waals surface area contributed by atoms with E-state index >= 15 is 0 Å². The van der Waals surface area contributed by atoms with Crippen molar-refractivity contribution in [1.82, 2.24) is 9.29 Å². The molecule has 2 aromatic rings. The van der Waals surface area contributed by atoms with Gasteiger partial charge < -0.3 is 5.32 Å². The van der Waals surface area contributed by atoms with E-state index in [1.807, 2.05) is 38.1 Å². The van der Waals surface area contributed by atoms with Crippen LogP contribution in [-0.4, -0.2) is 36.4 Å². The molecule has 7 heteroatoms. The van der Waals surface area contributed by atoms with Gasteiger partial charge in [-0.25, -0.2) is 8.42 Å². The van der Waals surface area contributed by atoms with Crippen molar-refractivity contribution in [2.75, 3.05) is 18.1 Å². The van der Waals surface area contributed by atoms with Crippen molar-refractivity contribution in [2.24, 2.45) is 0 Å². The molecular weight excluding hydrogens is 362 g/mol. The Morgan fingerprint density at radius 3 is 2.30 bits per heavy atom. The molecule has 1 heterocycles. The van der Waals surface area contributed by atoms with Crippen LogP contribution in [-0.2, 0) is 34.2 Å². The number of carbonyl (C=O) groups is 1. The highest BCUT2D eigenvalue weighted by atomic mass is 32.2. The van der Waals surface area contributed by atoms with Crippen LogP contribution in [0, 0.1) is 0 Å². The first-order valence-electron chi connectivity index (χ1n) is 9.09. The van der Waals surface area contributed by atoms with E-state index in [0.717, 1.165) is 41.5 Å². The third kappa shape index (κ3) is 6.15. The van der Waals surface area contributed by atoms with Gasteiger partial charge in [-0.05, 0) is 35.6 Å². The highest BCUT2D eigenvalue weighted by molar-refractivity contribution is 7.88.